The lowest BCUT2D eigenvalue weighted by molar-refractivity contribution is 0.0602. The van der Waals surface area contributed by atoms with Crippen molar-refractivity contribution < 1.29 is 9.53 Å². The predicted molar refractivity (Wildman–Crippen MR) is 102 cm³/mol. The summed E-state index contributed by atoms with van der Waals surface area (Å²) >= 11 is 6.31. The van der Waals surface area contributed by atoms with Gasteiger partial charge in [-0.05, 0) is 37.6 Å². The number of aryl methyl sites for hydroxylation is 2. The van der Waals surface area contributed by atoms with E-state index in [9.17, 15) is 9.59 Å². The van der Waals surface area contributed by atoms with Gasteiger partial charge in [0.05, 0.1) is 34.4 Å². The first kappa shape index (κ1) is 17.2. The normalized spacial score (nSPS) is 11.3. The van der Waals surface area contributed by atoms with Crippen LogP contribution in [0.5, 0.6) is 0 Å². The Morgan fingerprint density at radius 1 is 1.22 bits per heavy atom. The Bertz CT molecular complexity index is 1290. The number of carbonyl (C=O) groups excluding carboxylic acids is 1. The van der Waals surface area contributed by atoms with E-state index in [1.165, 1.54) is 22.4 Å². The number of pyridine rings is 1. The summed E-state index contributed by atoms with van der Waals surface area (Å²) in [7, 11) is 1.30. The summed E-state index contributed by atoms with van der Waals surface area (Å²) < 4.78 is 7.76. The third kappa shape index (κ3) is 2.59. The number of nitrogens with zero attached hydrogens (tertiary/aromatic N) is 4. The Morgan fingerprint density at radius 2 is 2.00 bits per heavy atom. The van der Waals surface area contributed by atoms with Crippen LogP contribution in [0.4, 0.5) is 0 Å². The number of carbonyl (C=O) groups is 1. The second-order valence-electron chi connectivity index (χ2n) is 6.19. The average Bonchev–Trinajstić information content (AvgIpc) is 2.98. The van der Waals surface area contributed by atoms with Crippen molar-refractivity contribution in [3.63, 3.8) is 0 Å². The number of aromatic nitrogens is 4. The molecule has 136 valence electrons. The van der Waals surface area contributed by atoms with E-state index < -0.39 is 5.97 Å². The van der Waals surface area contributed by atoms with E-state index in [0.29, 0.717) is 33.0 Å². The van der Waals surface area contributed by atoms with E-state index in [4.69, 9.17) is 16.3 Å². The van der Waals surface area contributed by atoms with Crippen molar-refractivity contribution in [1.29, 1.82) is 0 Å². The molecule has 0 fully saturated rings. The molecule has 8 heteroatoms. The molecule has 0 unspecified atom stereocenters. The highest BCUT2D eigenvalue weighted by molar-refractivity contribution is 6.32. The monoisotopic (exact) mass is 382 g/mol. The van der Waals surface area contributed by atoms with E-state index in [1.807, 2.05) is 13.0 Å². The molecule has 27 heavy (non-hydrogen) atoms. The minimum absolute atomic E-state index is 0.277. The smallest absolute Gasteiger partial charge is 0.343 e. The van der Waals surface area contributed by atoms with Crippen molar-refractivity contribution in [2.75, 3.05) is 7.11 Å². The highest BCUT2D eigenvalue weighted by atomic mass is 35.5. The summed E-state index contributed by atoms with van der Waals surface area (Å²) in [6.07, 6.45) is 3.08. The van der Waals surface area contributed by atoms with Gasteiger partial charge in [-0.3, -0.25) is 9.36 Å². The number of methoxy groups -OCH3 is 1. The van der Waals surface area contributed by atoms with Crippen LogP contribution < -0.4 is 5.56 Å². The van der Waals surface area contributed by atoms with Gasteiger partial charge < -0.3 is 4.74 Å². The molecule has 3 aromatic heterocycles. The molecule has 0 aliphatic rings. The van der Waals surface area contributed by atoms with Gasteiger partial charge in [-0.15, -0.1) is 0 Å². The molecule has 0 bridgehead atoms. The molecule has 0 aliphatic heterocycles. The fourth-order valence-corrected chi connectivity index (χ4v) is 3.44. The molecule has 0 radical (unpaired) electrons. The van der Waals surface area contributed by atoms with Crippen molar-refractivity contribution in [2.24, 2.45) is 0 Å². The van der Waals surface area contributed by atoms with Crippen LogP contribution >= 0.6 is 11.6 Å². The van der Waals surface area contributed by atoms with Gasteiger partial charge in [0, 0.05) is 12.4 Å². The van der Waals surface area contributed by atoms with Crippen molar-refractivity contribution in [3.8, 4) is 5.69 Å². The number of benzene rings is 1. The van der Waals surface area contributed by atoms with Crippen molar-refractivity contribution in [3.05, 3.63) is 68.9 Å². The zero-order valence-corrected chi connectivity index (χ0v) is 15.6. The third-order valence-electron chi connectivity index (χ3n) is 4.44. The molecule has 0 atom stereocenters. The van der Waals surface area contributed by atoms with Gasteiger partial charge in [0.15, 0.2) is 5.65 Å². The first-order valence-electron chi connectivity index (χ1n) is 8.17. The van der Waals surface area contributed by atoms with E-state index in [0.717, 1.165) is 5.56 Å². The zero-order valence-electron chi connectivity index (χ0n) is 14.9. The molecule has 0 spiro atoms. The maximum atomic E-state index is 13.0. The lowest BCUT2D eigenvalue weighted by atomic mass is 10.2. The predicted octanol–water partition coefficient (Wildman–Crippen LogP) is 3.09. The standard InChI is InChI=1S/C19H15ClN4O3/c1-10-4-5-15(13(20)8-10)23-7-6-14-12(18(23)25)9-21-17-16(19(26)27-3)11(2)22-24(14)17/h4-9H,1-3H3. The molecule has 0 aliphatic carbocycles. The van der Waals surface area contributed by atoms with Gasteiger partial charge in [-0.2, -0.15) is 5.10 Å². The van der Waals surface area contributed by atoms with Crippen LogP contribution in [0.1, 0.15) is 21.6 Å². The Labute approximate surface area is 158 Å². The first-order valence-corrected chi connectivity index (χ1v) is 8.54. The molecule has 3 heterocycles. The molecule has 1 aromatic carbocycles. The number of ether oxygens (including phenoxy) is 1. The molecule has 0 saturated heterocycles. The second-order valence-corrected chi connectivity index (χ2v) is 6.60. The van der Waals surface area contributed by atoms with E-state index in [-0.39, 0.29) is 11.1 Å². The van der Waals surface area contributed by atoms with Gasteiger partial charge in [-0.25, -0.2) is 14.3 Å². The minimum atomic E-state index is -0.519. The molecular formula is C19H15ClN4O3. The largest absolute Gasteiger partial charge is 0.465 e. The van der Waals surface area contributed by atoms with Crippen LogP contribution in [0.25, 0.3) is 22.2 Å². The maximum absolute atomic E-state index is 13.0. The zero-order chi connectivity index (χ0) is 19.3. The van der Waals surface area contributed by atoms with E-state index >= 15 is 0 Å². The first-order chi connectivity index (χ1) is 12.9. The number of rotatable bonds is 2. The molecule has 0 N–H and O–H groups in total. The summed E-state index contributed by atoms with van der Waals surface area (Å²) in [5.74, 6) is -0.519. The topological polar surface area (TPSA) is 78.5 Å². The summed E-state index contributed by atoms with van der Waals surface area (Å²) in [6, 6.07) is 7.23. The third-order valence-corrected chi connectivity index (χ3v) is 4.74. The highest BCUT2D eigenvalue weighted by Crippen LogP contribution is 2.23. The number of halogens is 1. The quantitative estimate of drug-likeness (QED) is 0.498. The van der Waals surface area contributed by atoms with E-state index in [1.54, 1.807) is 31.3 Å². The van der Waals surface area contributed by atoms with Crippen LogP contribution in [0.15, 0.2) is 41.5 Å². The summed E-state index contributed by atoms with van der Waals surface area (Å²) in [5.41, 5.74) is 2.96. The Balaban J connectivity index is 2.01. The second kappa shape index (κ2) is 6.21. The van der Waals surface area contributed by atoms with Crippen molar-refractivity contribution in [2.45, 2.75) is 13.8 Å². The Kier molecular flexibility index (Phi) is 3.96. The fraction of sp³-hybridized carbons (Fsp3) is 0.158. The van der Waals surface area contributed by atoms with Crippen LogP contribution in [-0.2, 0) is 4.74 Å². The van der Waals surface area contributed by atoms with Gasteiger partial charge in [-0.1, -0.05) is 17.7 Å². The lowest BCUT2D eigenvalue weighted by Crippen LogP contribution is -2.19. The number of hydrogen-bond acceptors (Lipinski definition) is 5. The average molecular weight is 383 g/mol. The van der Waals surface area contributed by atoms with Crippen molar-refractivity contribution >= 4 is 34.1 Å². The van der Waals surface area contributed by atoms with Gasteiger partial charge in [0.2, 0.25) is 0 Å². The fourth-order valence-electron chi connectivity index (χ4n) is 3.11. The minimum Gasteiger partial charge on any atom is -0.465 e. The Hall–Kier alpha value is -3.19. The van der Waals surface area contributed by atoms with Crippen LogP contribution in [0.3, 0.4) is 0 Å². The van der Waals surface area contributed by atoms with Gasteiger partial charge in [0.25, 0.3) is 5.56 Å². The molecule has 4 rings (SSSR count). The van der Waals surface area contributed by atoms with Crippen LogP contribution in [0, 0.1) is 13.8 Å². The number of esters is 1. The van der Waals surface area contributed by atoms with Crippen molar-refractivity contribution in [1.82, 2.24) is 19.2 Å². The molecule has 0 amide bonds. The number of hydrogen-bond donors (Lipinski definition) is 0. The molecule has 7 nitrogen and oxygen atoms in total. The Morgan fingerprint density at radius 3 is 2.70 bits per heavy atom. The summed E-state index contributed by atoms with van der Waals surface area (Å²) in [4.78, 5) is 29.3. The SMILES string of the molecule is COC(=O)c1c(C)nn2c1ncc1c(=O)n(-c3ccc(C)cc3Cl)ccc12. The number of fused-ring (bicyclic) bond motifs is 3. The molecule has 0 saturated carbocycles. The highest BCUT2D eigenvalue weighted by Gasteiger charge is 2.21. The van der Waals surface area contributed by atoms with Crippen LogP contribution in [0.2, 0.25) is 5.02 Å². The van der Waals surface area contributed by atoms with Crippen LogP contribution in [-0.4, -0.2) is 32.2 Å². The summed E-state index contributed by atoms with van der Waals surface area (Å²) in [5, 5.41) is 5.20. The van der Waals surface area contributed by atoms with Gasteiger partial charge in [0.1, 0.15) is 5.56 Å². The summed E-state index contributed by atoms with van der Waals surface area (Å²) in [6.45, 7) is 3.62. The van der Waals surface area contributed by atoms with E-state index in [2.05, 4.69) is 10.1 Å². The molecule has 4 aromatic rings. The maximum Gasteiger partial charge on any atom is 0.343 e. The lowest BCUT2D eigenvalue weighted by Gasteiger charge is -2.10. The molecular weight excluding hydrogens is 368 g/mol. The van der Waals surface area contributed by atoms with Gasteiger partial charge >= 0.3 is 5.97 Å².